The molecule has 6 heteroatoms. The minimum atomic E-state index is 0.377. The van der Waals surface area contributed by atoms with E-state index in [9.17, 15) is 0 Å². The Kier molecular flexibility index (Phi) is 4.75. The summed E-state index contributed by atoms with van der Waals surface area (Å²) < 4.78 is 0. The highest BCUT2D eigenvalue weighted by atomic mass is 35.5. The molecule has 0 atom stereocenters. The van der Waals surface area contributed by atoms with E-state index in [1.165, 1.54) is 0 Å². The van der Waals surface area contributed by atoms with Gasteiger partial charge in [-0.05, 0) is 23.8 Å². The van der Waals surface area contributed by atoms with Crippen LogP contribution in [0, 0.1) is 11.3 Å². The van der Waals surface area contributed by atoms with Crippen LogP contribution in [0.5, 0.6) is 0 Å². The average Bonchev–Trinajstić information content (AvgIpc) is 2.47. The van der Waals surface area contributed by atoms with Gasteiger partial charge < -0.3 is 10.6 Å². The quantitative estimate of drug-likeness (QED) is 0.855. The minimum absolute atomic E-state index is 0.377. The summed E-state index contributed by atoms with van der Waals surface area (Å²) in [6.07, 6.45) is 3.88. The molecule has 0 fully saturated rings. The molecule has 0 unspecified atom stereocenters. The maximum Gasteiger partial charge on any atom is 0.153 e. The van der Waals surface area contributed by atoms with Crippen molar-refractivity contribution in [3.63, 3.8) is 0 Å². The van der Waals surface area contributed by atoms with Crippen molar-refractivity contribution >= 4 is 23.1 Å². The van der Waals surface area contributed by atoms with E-state index in [1.807, 2.05) is 17.0 Å². The third-order valence-electron chi connectivity index (χ3n) is 2.76. The van der Waals surface area contributed by atoms with Gasteiger partial charge in [-0.1, -0.05) is 17.7 Å². The van der Waals surface area contributed by atoms with E-state index in [1.54, 1.807) is 24.5 Å². The van der Waals surface area contributed by atoms with Crippen molar-refractivity contribution in [2.75, 3.05) is 17.2 Å². The van der Waals surface area contributed by atoms with E-state index in [0.29, 0.717) is 36.2 Å². The van der Waals surface area contributed by atoms with E-state index in [4.69, 9.17) is 22.6 Å². The van der Waals surface area contributed by atoms with Gasteiger partial charge in [0.15, 0.2) is 5.82 Å². The molecule has 2 aromatic rings. The van der Waals surface area contributed by atoms with Gasteiger partial charge in [0.05, 0.1) is 18.2 Å². The van der Waals surface area contributed by atoms with E-state index in [-0.39, 0.29) is 0 Å². The van der Waals surface area contributed by atoms with Gasteiger partial charge in [0.1, 0.15) is 5.15 Å². The van der Waals surface area contributed by atoms with Crippen LogP contribution < -0.4 is 10.6 Å². The maximum absolute atomic E-state index is 8.79. The van der Waals surface area contributed by atoms with Crippen LogP contribution in [-0.2, 0) is 6.54 Å². The molecule has 2 N–H and O–H groups in total. The van der Waals surface area contributed by atoms with Gasteiger partial charge in [-0.25, -0.2) is 4.98 Å². The smallest absolute Gasteiger partial charge is 0.153 e. The summed E-state index contributed by atoms with van der Waals surface area (Å²) in [5.74, 6) is 0.594. The molecular formula is C14H14ClN5. The molecule has 0 spiro atoms. The summed E-state index contributed by atoms with van der Waals surface area (Å²) in [5.41, 5.74) is 7.51. The molecule has 0 aliphatic heterocycles. The predicted molar refractivity (Wildman–Crippen MR) is 79.2 cm³/mol. The monoisotopic (exact) mass is 287 g/mol. The van der Waals surface area contributed by atoms with Crippen molar-refractivity contribution in [2.24, 2.45) is 0 Å². The van der Waals surface area contributed by atoms with Gasteiger partial charge >= 0.3 is 0 Å². The second-order valence-electron chi connectivity index (χ2n) is 4.24. The number of nitrogens with two attached hydrogens (primary N) is 1. The third-order valence-corrected chi connectivity index (χ3v) is 2.97. The first kappa shape index (κ1) is 14.1. The highest BCUT2D eigenvalue weighted by molar-refractivity contribution is 6.29. The Morgan fingerprint density at radius 3 is 2.90 bits per heavy atom. The van der Waals surface area contributed by atoms with Crippen LogP contribution in [0.2, 0.25) is 5.15 Å². The number of nitriles is 1. The van der Waals surface area contributed by atoms with Gasteiger partial charge in [0, 0.05) is 25.5 Å². The largest absolute Gasteiger partial charge is 0.396 e. The molecule has 0 bridgehead atoms. The fourth-order valence-electron chi connectivity index (χ4n) is 1.85. The number of anilines is 2. The Hall–Kier alpha value is -2.32. The van der Waals surface area contributed by atoms with Gasteiger partial charge in [-0.3, -0.25) is 4.98 Å². The molecule has 2 rings (SSSR count). The Bertz CT molecular complexity index is 609. The Morgan fingerprint density at radius 2 is 2.20 bits per heavy atom. The van der Waals surface area contributed by atoms with Crippen molar-refractivity contribution in [1.82, 2.24) is 9.97 Å². The van der Waals surface area contributed by atoms with Gasteiger partial charge in [-0.2, -0.15) is 5.26 Å². The number of pyridine rings is 2. The number of rotatable bonds is 5. The maximum atomic E-state index is 8.79. The van der Waals surface area contributed by atoms with Crippen LogP contribution in [0.4, 0.5) is 11.5 Å². The van der Waals surface area contributed by atoms with E-state index in [0.717, 1.165) is 5.56 Å². The minimum Gasteiger partial charge on any atom is -0.396 e. The van der Waals surface area contributed by atoms with Crippen LogP contribution >= 0.6 is 11.6 Å². The van der Waals surface area contributed by atoms with Crippen LogP contribution in [0.3, 0.4) is 0 Å². The normalized spacial score (nSPS) is 10.0. The Balaban J connectivity index is 2.27. The average molecular weight is 288 g/mol. The number of nitrogen functional groups attached to an aromatic ring is 1. The zero-order chi connectivity index (χ0) is 14.4. The molecule has 0 aliphatic rings. The molecule has 0 amide bonds. The first-order valence-electron chi connectivity index (χ1n) is 6.13. The first-order valence-corrected chi connectivity index (χ1v) is 6.51. The molecule has 20 heavy (non-hydrogen) atoms. The predicted octanol–water partition coefficient (Wildman–Crippen LogP) is 2.63. The molecule has 0 saturated carbocycles. The lowest BCUT2D eigenvalue weighted by molar-refractivity contribution is 0.782. The van der Waals surface area contributed by atoms with E-state index in [2.05, 4.69) is 16.0 Å². The zero-order valence-corrected chi connectivity index (χ0v) is 11.6. The number of halogens is 1. The van der Waals surface area contributed by atoms with Crippen LogP contribution in [0.25, 0.3) is 0 Å². The van der Waals surface area contributed by atoms with E-state index < -0.39 is 0 Å². The summed E-state index contributed by atoms with van der Waals surface area (Å²) >= 11 is 5.93. The fourth-order valence-corrected chi connectivity index (χ4v) is 1.99. The summed E-state index contributed by atoms with van der Waals surface area (Å²) in [7, 11) is 0. The topological polar surface area (TPSA) is 78.8 Å². The van der Waals surface area contributed by atoms with Crippen LogP contribution in [0.15, 0.2) is 36.7 Å². The van der Waals surface area contributed by atoms with Crippen molar-refractivity contribution in [1.29, 1.82) is 5.26 Å². The highest BCUT2D eigenvalue weighted by Crippen LogP contribution is 2.24. The second-order valence-corrected chi connectivity index (χ2v) is 4.63. The van der Waals surface area contributed by atoms with Gasteiger partial charge in [0.2, 0.25) is 0 Å². The van der Waals surface area contributed by atoms with Crippen molar-refractivity contribution in [3.05, 3.63) is 47.4 Å². The van der Waals surface area contributed by atoms with Gasteiger partial charge in [-0.15, -0.1) is 0 Å². The summed E-state index contributed by atoms with van der Waals surface area (Å²) in [6.45, 7) is 1.11. The molecule has 102 valence electrons. The first-order chi connectivity index (χ1) is 9.70. The lowest BCUT2D eigenvalue weighted by Crippen LogP contribution is -2.25. The number of nitrogens with zero attached hydrogens (tertiary/aromatic N) is 4. The van der Waals surface area contributed by atoms with Crippen LogP contribution in [-0.4, -0.2) is 16.5 Å². The summed E-state index contributed by atoms with van der Waals surface area (Å²) in [6, 6.07) is 9.32. The molecule has 2 heterocycles. The van der Waals surface area contributed by atoms with Gasteiger partial charge in [0.25, 0.3) is 0 Å². The van der Waals surface area contributed by atoms with Crippen molar-refractivity contribution in [3.8, 4) is 6.07 Å². The molecule has 0 saturated heterocycles. The third kappa shape index (κ3) is 3.59. The van der Waals surface area contributed by atoms with E-state index >= 15 is 0 Å². The zero-order valence-electron chi connectivity index (χ0n) is 10.8. The molecule has 2 aromatic heterocycles. The molecule has 0 aromatic carbocycles. The molecule has 0 aliphatic carbocycles. The molecular weight excluding hydrogens is 274 g/mol. The number of hydrogen-bond acceptors (Lipinski definition) is 5. The lowest BCUT2D eigenvalue weighted by atomic mass is 10.2. The van der Waals surface area contributed by atoms with Crippen molar-refractivity contribution in [2.45, 2.75) is 13.0 Å². The SMILES string of the molecule is N#CCCN(Cc1cccnc1)c1nc(Cl)ccc1N. The van der Waals surface area contributed by atoms with Crippen LogP contribution in [0.1, 0.15) is 12.0 Å². The summed E-state index contributed by atoms with van der Waals surface area (Å²) in [5, 5.41) is 9.16. The number of aromatic nitrogens is 2. The number of hydrogen-bond donors (Lipinski definition) is 1. The van der Waals surface area contributed by atoms with Crippen molar-refractivity contribution < 1.29 is 0 Å². The Labute approximate surface area is 122 Å². The summed E-state index contributed by atoms with van der Waals surface area (Å²) in [4.78, 5) is 10.3. The standard InChI is InChI=1S/C14H14ClN5/c15-13-5-4-12(17)14(19-13)20(8-2-6-16)10-11-3-1-7-18-9-11/h1,3-5,7,9H,2,8,10,17H2. The molecule has 0 radical (unpaired) electrons. The fraction of sp³-hybridized carbons (Fsp3) is 0.214. The highest BCUT2D eigenvalue weighted by Gasteiger charge is 2.13. The Morgan fingerprint density at radius 1 is 1.35 bits per heavy atom. The second kappa shape index (κ2) is 6.73. The lowest BCUT2D eigenvalue weighted by Gasteiger charge is -2.24. The molecule has 5 nitrogen and oxygen atoms in total.